The van der Waals surface area contributed by atoms with E-state index in [-0.39, 0.29) is 17.7 Å². The van der Waals surface area contributed by atoms with E-state index in [1.165, 1.54) is 23.5 Å². The molecule has 0 saturated heterocycles. The number of halogens is 1. The number of carboxylic acid groups (broad SMARTS) is 1. The number of nitrogens with zero attached hydrogens (tertiary/aromatic N) is 1. The van der Waals surface area contributed by atoms with Crippen molar-refractivity contribution in [3.05, 3.63) is 29.0 Å². The van der Waals surface area contributed by atoms with E-state index in [1.54, 1.807) is 6.07 Å². The van der Waals surface area contributed by atoms with E-state index in [9.17, 15) is 14.3 Å². The lowest BCUT2D eigenvalue weighted by Gasteiger charge is -2.11. The molecule has 1 aromatic carbocycles. The number of thiazole rings is 1. The van der Waals surface area contributed by atoms with Crippen LogP contribution in [0.4, 0.5) is 4.39 Å². The molecule has 100 valence electrons. The number of fused-ring (bicyclic) bond motifs is 1. The van der Waals surface area contributed by atoms with Gasteiger partial charge in [0.2, 0.25) is 0 Å². The van der Waals surface area contributed by atoms with Gasteiger partial charge in [0.15, 0.2) is 0 Å². The van der Waals surface area contributed by atoms with Gasteiger partial charge in [-0.3, -0.25) is 4.79 Å². The van der Waals surface area contributed by atoms with Crippen molar-refractivity contribution in [2.45, 2.75) is 25.7 Å². The fourth-order valence-electron chi connectivity index (χ4n) is 2.91. The minimum atomic E-state index is -0.750. The van der Waals surface area contributed by atoms with Crippen LogP contribution >= 0.6 is 11.3 Å². The second-order valence-electron chi connectivity index (χ2n) is 5.29. The number of carbonyl (C=O) groups is 1. The molecule has 3 nitrogen and oxygen atoms in total. The Morgan fingerprint density at radius 1 is 1.47 bits per heavy atom. The lowest BCUT2D eigenvalue weighted by atomic mass is 9.97. The van der Waals surface area contributed by atoms with Crippen molar-refractivity contribution in [1.82, 2.24) is 4.98 Å². The van der Waals surface area contributed by atoms with Gasteiger partial charge in [-0.05, 0) is 30.9 Å². The Morgan fingerprint density at radius 3 is 3.00 bits per heavy atom. The van der Waals surface area contributed by atoms with Gasteiger partial charge in [-0.15, -0.1) is 11.3 Å². The first kappa shape index (κ1) is 12.5. The summed E-state index contributed by atoms with van der Waals surface area (Å²) in [6, 6.07) is 4.53. The normalized spacial score (nSPS) is 26.9. The molecule has 1 heterocycles. The van der Waals surface area contributed by atoms with E-state index < -0.39 is 5.97 Å². The molecule has 3 rings (SSSR count). The summed E-state index contributed by atoms with van der Waals surface area (Å²) < 4.78 is 14.1. The van der Waals surface area contributed by atoms with E-state index >= 15 is 0 Å². The molecule has 0 aliphatic heterocycles. The first-order chi connectivity index (χ1) is 9.04. The predicted octanol–water partition coefficient (Wildman–Crippen LogP) is 3.65. The summed E-state index contributed by atoms with van der Waals surface area (Å²) >= 11 is 1.49. The molecular formula is C14H14FNO2S. The highest BCUT2D eigenvalue weighted by molar-refractivity contribution is 7.18. The Kier molecular flexibility index (Phi) is 3.01. The van der Waals surface area contributed by atoms with Gasteiger partial charge in [-0.25, -0.2) is 9.37 Å². The van der Waals surface area contributed by atoms with E-state index in [0.717, 1.165) is 16.1 Å². The number of hydrogen-bond donors (Lipinski definition) is 1. The molecule has 1 aliphatic carbocycles. The monoisotopic (exact) mass is 279 g/mol. The molecule has 19 heavy (non-hydrogen) atoms. The quantitative estimate of drug-likeness (QED) is 0.913. The van der Waals surface area contributed by atoms with E-state index in [2.05, 4.69) is 11.9 Å². The summed E-state index contributed by atoms with van der Waals surface area (Å²) in [5.41, 5.74) is 0.628. The average molecular weight is 279 g/mol. The zero-order chi connectivity index (χ0) is 13.6. The lowest BCUT2D eigenvalue weighted by Crippen LogP contribution is -2.16. The highest BCUT2D eigenvalue weighted by Gasteiger charge is 2.39. The fourth-order valence-corrected chi connectivity index (χ4v) is 4.04. The third kappa shape index (κ3) is 2.23. The summed E-state index contributed by atoms with van der Waals surface area (Å²) in [7, 11) is 0. The summed E-state index contributed by atoms with van der Waals surface area (Å²) in [6.07, 6.45) is 1.55. The molecule has 1 aliphatic rings. The zero-order valence-electron chi connectivity index (χ0n) is 10.5. The molecule has 1 aromatic heterocycles. The zero-order valence-corrected chi connectivity index (χ0v) is 11.3. The smallest absolute Gasteiger partial charge is 0.307 e. The van der Waals surface area contributed by atoms with Gasteiger partial charge in [0.05, 0.1) is 21.1 Å². The molecule has 0 amide bonds. The van der Waals surface area contributed by atoms with Crippen molar-refractivity contribution in [3.63, 3.8) is 0 Å². The van der Waals surface area contributed by atoms with Gasteiger partial charge in [0, 0.05) is 12.0 Å². The molecule has 0 radical (unpaired) electrons. The second kappa shape index (κ2) is 4.56. The molecule has 0 spiro atoms. The number of aromatic nitrogens is 1. The average Bonchev–Trinajstić information content (AvgIpc) is 2.91. The first-order valence-electron chi connectivity index (χ1n) is 6.33. The highest BCUT2D eigenvalue weighted by atomic mass is 32.1. The van der Waals surface area contributed by atoms with Crippen molar-refractivity contribution in [3.8, 4) is 0 Å². The van der Waals surface area contributed by atoms with Gasteiger partial charge in [-0.2, -0.15) is 0 Å². The molecule has 1 fully saturated rings. The van der Waals surface area contributed by atoms with Crippen LogP contribution in [0.1, 0.15) is 30.7 Å². The minimum absolute atomic E-state index is 0.0343. The first-order valence-corrected chi connectivity index (χ1v) is 7.15. The highest BCUT2D eigenvalue weighted by Crippen LogP contribution is 2.45. The maximum absolute atomic E-state index is 13.2. The number of benzene rings is 1. The molecule has 1 N–H and O–H groups in total. The van der Waals surface area contributed by atoms with Gasteiger partial charge >= 0.3 is 5.97 Å². The number of rotatable bonds is 2. The largest absolute Gasteiger partial charge is 0.481 e. The SMILES string of the molecule is CC1CC(C(=O)O)C(c2nc3cc(F)ccc3s2)C1. The van der Waals surface area contributed by atoms with E-state index in [0.29, 0.717) is 17.9 Å². The van der Waals surface area contributed by atoms with Crippen molar-refractivity contribution in [2.24, 2.45) is 11.8 Å². The van der Waals surface area contributed by atoms with Crippen LogP contribution in [0.2, 0.25) is 0 Å². The van der Waals surface area contributed by atoms with Crippen LogP contribution < -0.4 is 0 Å². The maximum atomic E-state index is 13.2. The molecular weight excluding hydrogens is 265 g/mol. The van der Waals surface area contributed by atoms with Crippen LogP contribution in [0, 0.1) is 17.7 Å². The molecule has 5 heteroatoms. The topological polar surface area (TPSA) is 50.2 Å². The third-order valence-corrected chi connectivity index (χ3v) is 4.97. The van der Waals surface area contributed by atoms with Crippen LogP contribution in [0.3, 0.4) is 0 Å². The van der Waals surface area contributed by atoms with Crippen LogP contribution in [0.25, 0.3) is 10.2 Å². The number of aliphatic carboxylic acids is 1. The Balaban J connectivity index is 2.01. The number of hydrogen-bond acceptors (Lipinski definition) is 3. The summed E-state index contributed by atoms with van der Waals surface area (Å²) in [4.78, 5) is 15.8. The Bertz CT molecular complexity index is 639. The minimum Gasteiger partial charge on any atom is -0.481 e. The molecule has 2 aromatic rings. The van der Waals surface area contributed by atoms with Crippen LogP contribution in [-0.4, -0.2) is 16.1 Å². The second-order valence-corrected chi connectivity index (χ2v) is 6.35. The van der Waals surface area contributed by atoms with E-state index in [4.69, 9.17) is 0 Å². The predicted molar refractivity (Wildman–Crippen MR) is 71.8 cm³/mol. The van der Waals surface area contributed by atoms with Crippen molar-refractivity contribution >= 4 is 27.5 Å². The summed E-state index contributed by atoms with van der Waals surface area (Å²) in [5.74, 6) is -1.05. The fraction of sp³-hybridized carbons (Fsp3) is 0.429. The van der Waals surface area contributed by atoms with Crippen molar-refractivity contribution in [2.75, 3.05) is 0 Å². The molecule has 3 atom stereocenters. The molecule has 3 unspecified atom stereocenters. The van der Waals surface area contributed by atoms with Crippen LogP contribution in [0.5, 0.6) is 0 Å². The summed E-state index contributed by atoms with van der Waals surface area (Å²) in [5, 5.41) is 10.1. The van der Waals surface area contributed by atoms with Crippen molar-refractivity contribution in [1.29, 1.82) is 0 Å². The molecule has 1 saturated carbocycles. The summed E-state index contributed by atoms with van der Waals surface area (Å²) in [6.45, 7) is 2.07. The lowest BCUT2D eigenvalue weighted by molar-refractivity contribution is -0.142. The van der Waals surface area contributed by atoms with Gasteiger partial charge in [0.1, 0.15) is 5.82 Å². The Hall–Kier alpha value is -1.49. The molecule has 0 bridgehead atoms. The maximum Gasteiger partial charge on any atom is 0.307 e. The van der Waals surface area contributed by atoms with Gasteiger partial charge < -0.3 is 5.11 Å². The van der Waals surface area contributed by atoms with E-state index in [1.807, 2.05) is 0 Å². The third-order valence-electron chi connectivity index (χ3n) is 3.80. The Labute approximate surface area is 114 Å². The standard InChI is InChI=1S/C14H14FNO2S/c1-7-4-9(10(5-7)14(17)18)13-16-11-6-8(15)2-3-12(11)19-13/h2-3,6-7,9-10H,4-5H2,1H3,(H,17,18). The Morgan fingerprint density at radius 2 is 2.26 bits per heavy atom. The number of carboxylic acids is 1. The van der Waals surface area contributed by atoms with Crippen molar-refractivity contribution < 1.29 is 14.3 Å². The van der Waals surface area contributed by atoms with Crippen LogP contribution in [0.15, 0.2) is 18.2 Å². The van der Waals surface area contributed by atoms with Gasteiger partial charge in [0.25, 0.3) is 0 Å². The van der Waals surface area contributed by atoms with Gasteiger partial charge in [-0.1, -0.05) is 6.92 Å². The van der Waals surface area contributed by atoms with Crippen LogP contribution in [-0.2, 0) is 4.79 Å².